The van der Waals surface area contributed by atoms with E-state index in [-0.39, 0.29) is 5.56 Å². The zero-order valence-electron chi connectivity index (χ0n) is 15.9. The van der Waals surface area contributed by atoms with Crippen LogP contribution in [0.3, 0.4) is 0 Å². The first-order valence-electron chi connectivity index (χ1n) is 9.37. The summed E-state index contributed by atoms with van der Waals surface area (Å²) in [6.07, 6.45) is 4.23. The van der Waals surface area contributed by atoms with Gasteiger partial charge in [-0.25, -0.2) is 9.97 Å². The molecule has 146 valence electrons. The summed E-state index contributed by atoms with van der Waals surface area (Å²) in [6, 6.07) is 5.48. The summed E-state index contributed by atoms with van der Waals surface area (Å²) in [5.74, 6) is 0.805. The molecule has 0 aromatic carbocycles. The molecular weight excluding hydrogens is 386 g/mol. The molecular formula is C20H19N7OS. The lowest BCUT2D eigenvalue weighted by Crippen LogP contribution is -2.33. The van der Waals surface area contributed by atoms with Gasteiger partial charge in [0.2, 0.25) is 0 Å². The fourth-order valence-corrected chi connectivity index (χ4v) is 4.14. The number of aromatic nitrogens is 5. The average molecular weight is 405 g/mol. The van der Waals surface area contributed by atoms with Crippen molar-refractivity contribution >= 4 is 28.5 Å². The molecule has 5 rings (SSSR count). The van der Waals surface area contributed by atoms with E-state index in [0.29, 0.717) is 18.7 Å². The predicted molar refractivity (Wildman–Crippen MR) is 112 cm³/mol. The zero-order chi connectivity index (χ0) is 19.8. The number of pyridine rings is 1. The molecule has 29 heavy (non-hydrogen) atoms. The van der Waals surface area contributed by atoms with Crippen LogP contribution in [0.4, 0.5) is 11.5 Å². The highest BCUT2D eigenvalue weighted by molar-refractivity contribution is 7.07. The predicted octanol–water partition coefficient (Wildman–Crippen LogP) is 2.42. The number of aryl methyl sites for hydroxylation is 1. The van der Waals surface area contributed by atoms with Gasteiger partial charge in [-0.05, 0) is 30.2 Å². The second-order valence-electron chi connectivity index (χ2n) is 7.04. The van der Waals surface area contributed by atoms with Crippen LogP contribution in [0, 0.1) is 6.92 Å². The zero-order valence-corrected chi connectivity index (χ0v) is 16.7. The van der Waals surface area contributed by atoms with Crippen LogP contribution in [0.15, 0.2) is 46.3 Å². The molecule has 1 aliphatic rings. The SMILES string of the molecule is Cc1cc2nccc(=O)n2nc1N1CCc2ncc(NCc3cscn3)cc2C1. The quantitative estimate of drug-likeness (QED) is 0.558. The van der Waals surface area contributed by atoms with Crippen LogP contribution in [0.2, 0.25) is 0 Å². The minimum Gasteiger partial charge on any atom is -0.378 e. The van der Waals surface area contributed by atoms with Crippen molar-refractivity contribution in [3.8, 4) is 0 Å². The molecule has 8 nitrogen and oxygen atoms in total. The molecule has 0 spiro atoms. The summed E-state index contributed by atoms with van der Waals surface area (Å²) in [7, 11) is 0. The van der Waals surface area contributed by atoms with Crippen molar-refractivity contribution in [1.82, 2.24) is 24.6 Å². The van der Waals surface area contributed by atoms with E-state index >= 15 is 0 Å². The highest BCUT2D eigenvalue weighted by Crippen LogP contribution is 2.26. The number of thiazole rings is 1. The molecule has 0 radical (unpaired) electrons. The number of nitrogens with zero attached hydrogens (tertiary/aromatic N) is 6. The van der Waals surface area contributed by atoms with E-state index in [1.54, 1.807) is 11.3 Å². The molecule has 1 aliphatic heterocycles. The second kappa shape index (κ2) is 7.25. The Morgan fingerprint density at radius 1 is 1.24 bits per heavy atom. The number of anilines is 2. The molecule has 1 N–H and O–H groups in total. The molecule has 0 aliphatic carbocycles. The summed E-state index contributed by atoms with van der Waals surface area (Å²) in [5.41, 5.74) is 7.48. The lowest BCUT2D eigenvalue weighted by Gasteiger charge is -2.30. The smallest absolute Gasteiger partial charge is 0.274 e. The number of fused-ring (bicyclic) bond motifs is 2. The largest absolute Gasteiger partial charge is 0.378 e. The number of rotatable bonds is 4. The maximum atomic E-state index is 12.2. The second-order valence-corrected chi connectivity index (χ2v) is 7.76. The standard InChI is InChI=1S/C20H19N7OS/c1-13-6-18-21-4-2-19(28)27(18)25-20(13)26-5-3-17-14(10-26)7-15(8-23-17)22-9-16-11-29-12-24-16/h2,4,6-8,11-12,22H,3,5,9-10H2,1H3. The third-order valence-electron chi connectivity index (χ3n) is 5.04. The first kappa shape index (κ1) is 17.7. The van der Waals surface area contributed by atoms with Crippen LogP contribution in [-0.2, 0) is 19.5 Å². The van der Waals surface area contributed by atoms with Gasteiger partial charge in [-0.15, -0.1) is 16.4 Å². The Balaban J connectivity index is 1.42. The summed E-state index contributed by atoms with van der Waals surface area (Å²) in [4.78, 5) is 27.5. The number of hydrogen-bond donors (Lipinski definition) is 1. The van der Waals surface area contributed by atoms with Crippen molar-refractivity contribution in [2.24, 2.45) is 0 Å². The lowest BCUT2D eigenvalue weighted by atomic mass is 10.0. The molecule has 5 heterocycles. The van der Waals surface area contributed by atoms with Crippen LogP contribution in [0.25, 0.3) is 5.65 Å². The fourth-order valence-electron chi connectivity index (χ4n) is 3.58. The Morgan fingerprint density at radius 3 is 3.03 bits per heavy atom. The minimum absolute atomic E-state index is 0.177. The van der Waals surface area contributed by atoms with Gasteiger partial charge in [0, 0.05) is 42.8 Å². The van der Waals surface area contributed by atoms with Gasteiger partial charge in [-0.1, -0.05) is 0 Å². The third-order valence-corrected chi connectivity index (χ3v) is 5.67. The van der Waals surface area contributed by atoms with Gasteiger partial charge in [0.1, 0.15) is 0 Å². The van der Waals surface area contributed by atoms with Crippen molar-refractivity contribution < 1.29 is 0 Å². The number of hydrogen-bond acceptors (Lipinski definition) is 8. The molecule has 0 bridgehead atoms. The van der Waals surface area contributed by atoms with Crippen LogP contribution in [0.5, 0.6) is 0 Å². The van der Waals surface area contributed by atoms with Gasteiger partial charge < -0.3 is 10.2 Å². The summed E-state index contributed by atoms with van der Waals surface area (Å²) in [6.45, 7) is 4.18. The van der Waals surface area contributed by atoms with E-state index in [1.807, 2.05) is 30.1 Å². The van der Waals surface area contributed by atoms with Gasteiger partial charge in [0.05, 0.1) is 29.6 Å². The van der Waals surface area contributed by atoms with E-state index < -0.39 is 0 Å². The minimum atomic E-state index is -0.177. The number of nitrogens with one attached hydrogen (secondary N) is 1. The molecule has 0 amide bonds. The monoisotopic (exact) mass is 405 g/mol. The van der Waals surface area contributed by atoms with Crippen molar-refractivity contribution in [3.05, 3.63) is 74.4 Å². The van der Waals surface area contributed by atoms with Gasteiger partial charge in [-0.3, -0.25) is 9.78 Å². The molecule has 0 saturated heterocycles. The fraction of sp³-hybridized carbons (Fsp3) is 0.250. The van der Waals surface area contributed by atoms with Crippen LogP contribution in [-0.4, -0.2) is 31.1 Å². The van der Waals surface area contributed by atoms with Crippen molar-refractivity contribution in [1.29, 1.82) is 0 Å². The molecule has 0 saturated carbocycles. The molecule has 0 unspecified atom stereocenters. The van der Waals surface area contributed by atoms with Crippen molar-refractivity contribution in [2.75, 3.05) is 16.8 Å². The maximum absolute atomic E-state index is 12.2. The van der Waals surface area contributed by atoms with E-state index in [4.69, 9.17) is 0 Å². The Labute approximate surface area is 170 Å². The van der Waals surface area contributed by atoms with Crippen molar-refractivity contribution in [3.63, 3.8) is 0 Å². The maximum Gasteiger partial charge on any atom is 0.274 e. The Morgan fingerprint density at radius 2 is 2.17 bits per heavy atom. The van der Waals surface area contributed by atoms with E-state index in [2.05, 4.69) is 36.3 Å². The van der Waals surface area contributed by atoms with Crippen LogP contribution in [0.1, 0.15) is 22.5 Å². The first-order chi connectivity index (χ1) is 14.2. The van der Waals surface area contributed by atoms with E-state index in [1.165, 1.54) is 22.3 Å². The molecule has 0 atom stereocenters. The highest BCUT2D eigenvalue weighted by Gasteiger charge is 2.21. The van der Waals surface area contributed by atoms with Crippen LogP contribution < -0.4 is 15.8 Å². The van der Waals surface area contributed by atoms with Crippen molar-refractivity contribution in [2.45, 2.75) is 26.4 Å². The third kappa shape index (κ3) is 3.44. The average Bonchev–Trinajstić information content (AvgIpc) is 3.25. The lowest BCUT2D eigenvalue weighted by molar-refractivity contribution is 0.685. The molecule has 4 aromatic rings. The van der Waals surface area contributed by atoms with E-state index in [9.17, 15) is 4.79 Å². The summed E-state index contributed by atoms with van der Waals surface area (Å²) >= 11 is 1.59. The van der Waals surface area contributed by atoms with Gasteiger partial charge in [-0.2, -0.15) is 4.52 Å². The molecule has 4 aromatic heterocycles. The Kier molecular flexibility index (Phi) is 4.44. The van der Waals surface area contributed by atoms with Gasteiger partial charge in [0.25, 0.3) is 5.56 Å². The van der Waals surface area contributed by atoms with E-state index in [0.717, 1.165) is 41.4 Å². The normalized spacial score (nSPS) is 13.5. The van der Waals surface area contributed by atoms with Gasteiger partial charge >= 0.3 is 0 Å². The van der Waals surface area contributed by atoms with Gasteiger partial charge in [0.15, 0.2) is 11.5 Å². The Hall–Kier alpha value is -3.33. The topological polar surface area (TPSA) is 88.3 Å². The summed E-state index contributed by atoms with van der Waals surface area (Å²) in [5, 5.41) is 10.0. The van der Waals surface area contributed by atoms with Crippen LogP contribution >= 0.6 is 11.3 Å². The first-order valence-corrected chi connectivity index (χ1v) is 10.3. The molecule has 0 fully saturated rings. The molecule has 9 heteroatoms. The summed E-state index contributed by atoms with van der Waals surface area (Å²) < 4.78 is 1.36. The highest BCUT2D eigenvalue weighted by atomic mass is 32.1. The Bertz CT molecular complexity index is 1240.